The minimum Gasteiger partial charge on any atom is -0.497 e. The molecule has 0 radical (unpaired) electrons. The number of methoxy groups -OCH3 is 1. The second-order valence-electron chi connectivity index (χ2n) is 6.46. The first-order chi connectivity index (χ1) is 13.6. The third-order valence-electron chi connectivity index (χ3n) is 4.77. The summed E-state index contributed by atoms with van der Waals surface area (Å²) < 4.78 is 18.7. The van der Waals surface area contributed by atoms with Crippen LogP contribution in [0, 0.1) is 5.82 Å². The molecule has 1 aliphatic heterocycles. The van der Waals surface area contributed by atoms with E-state index in [4.69, 9.17) is 33.0 Å². The van der Waals surface area contributed by atoms with Gasteiger partial charge < -0.3 is 4.74 Å². The van der Waals surface area contributed by atoms with Gasteiger partial charge in [0.1, 0.15) is 11.6 Å². The zero-order chi connectivity index (χ0) is 19.7. The Morgan fingerprint density at radius 1 is 1.00 bits per heavy atom. The summed E-state index contributed by atoms with van der Waals surface area (Å²) in [4.78, 5) is 0. The number of hydrogen-bond donors (Lipinski definition) is 0. The molecule has 3 aromatic rings. The van der Waals surface area contributed by atoms with E-state index in [2.05, 4.69) is 0 Å². The van der Waals surface area contributed by atoms with Gasteiger partial charge in [-0.1, -0.05) is 41.4 Å². The molecule has 0 fully saturated rings. The average molecular weight is 415 g/mol. The van der Waals surface area contributed by atoms with Crippen LogP contribution < -0.4 is 9.75 Å². The van der Waals surface area contributed by atoms with Crippen molar-refractivity contribution in [2.75, 3.05) is 12.1 Å². The molecule has 0 unspecified atom stereocenters. The Hall–Kier alpha value is -2.56. The molecule has 0 saturated carbocycles. The summed E-state index contributed by atoms with van der Waals surface area (Å²) >= 11 is 12.7. The van der Waals surface area contributed by atoms with Crippen molar-refractivity contribution in [2.24, 2.45) is 5.10 Å². The topological polar surface area (TPSA) is 24.8 Å². The van der Waals surface area contributed by atoms with Gasteiger partial charge in [0.15, 0.2) is 0 Å². The quantitative estimate of drug-likeness (QED) is 0.486. The highest BCUT2D eigenvalue weighted by atomic mass is 35.5. The maximum atomic E-state index is 13.4. The summed E-state index contributed by atoms with van der Waals surface area (Å²) in [5, 5.41) is 7.60. The first-order valence-corrected chi connectivity index (χ1v) is 9.53. The van der Waals surface area contributed by atoms with Crippen LogP contribution in [0.1, 0.15) is 23.6 Å². The number of anilines is 1. The van der Waals surface area contributed by atoms with Crippen molar-refractivity contribution in [1.29, 1.82) is 0 Å². The molecule has 0 bridgehead atoms. The van der Waals surface area contributed by atoms with Crippen molar-refractivity contribution in [3.05, 3.63) is 93.7 Å². The molecule has 1 heterocycles. The monoisotopic (exact) mass is 414 g/mol. The molecular weight excluding hydrogens is 398 g/mol. The van der Waals surface area contributed by atoms with E-state index in [0.29, 0.717) is 22.2 Å². The third kappa shape index (κ3) is 3.58. The van der Waals surface area contributed by atoms with E-state index in [1.54, 1.807) is 25.3 Å². The van der Waals surface area contributed by atoms with Gasteiger partial charge in [-0.15, -0.1) is 0 Å². The average Bonchev–Trinajstić information content (AvgIpc) is 3.16. The fourth-order valence-electron chi connectivity index (χ4n) is 3.30. The van der Waals surface area contributed by atoms with E-state index in [1.165, 1.54) is 12.1 Å². The lowest BCUT2D eigenvalue weighted by molar-refractivity contribution is 0.415. The molecule has 0 N–H and O–H groups in total. The molecule has 1 atom stereocenters. The van der Waals surface area contributed by atoms with Crippen LogP contribution >= 0.6 is 23.2 Å². The third-order valence-corrected chi connectivity index (χ3v) is 5.58. The molecule has 0 amide bonds. The van der Waals surface area contributed by atoms with Gasteiger partial charge in [0.2, 0.25) is 0 Å². The standard InChI is InChI=1S/C22H17Cl2FN2O/c1-28-17-11-7-14(8-12-17)19-13-21(15-5-9-16(25)10-6-15)27(26-19)20-4-2-3-18(23)22(20)24/h2-12,21H,13H2,1H3/t21-/m0/s1. The molecule has 0 aliphatic carbocycles. The van der Waals surface area contributed by atoms with Gasteiger partial charge in [0, 0.05) is 6.42 Å². The van der Waals surface area contributed by atoms with Gasteiger partial charge >= 0.3 is 0 Å². The van der Waals surface area contributed by atoms with Gasteiger partial charge in [-0.3, -0.25) is 5.01 Å². The lowest BCUT2D eigenvalue weighted by atomic mass is 9.98. The second kappa shape index (κ2) is 7.82. The predicted octanol–water partition coefficient (Wildman–Crippen LogP) is 6.50. The molecule has 3 nitrogen and oxygen atoms in total. The molecule has 0 aromatic heterocycles. The molecule has 4 rings (SSSR count). The van der Waals surface area contributed by atoms with E-state index < -0.39 is 0 Å². The van der Waals surface area contributed by atoms with E-state index in [9.17, 15) is 4.39 Å². The number of nitrogens with zero attached hydrogens (tertiary/aromatic N) is 2. The lowest BCUT2D eigenvalue weighted by Gasteiger charge is -2.25. The van der Waals surface area contributed by atoms with Gasteiger partial charge in [0.05, 0.1) is 34.6 Å². The van der Waals surface area contributed by atoms with Gasteiger partial charge in [0.25, 0.3) is 0 Å². The highest BCUT2D eigenvalue weighted by molar-refractivity contribution is 6.43. The minimum atomic E-state index is -0.273. The fraction of sp³-hybridized carbons (Fsp3) is 0.136. The number of hydrogen-bond acceptors (Lipinski definition) is 3. The molecular formula is C22H17Cl2FN2O. The van der Waals surface area contributed by atoms with Crippen molar-refractivity contribution in [2.45, 2.75) is 12.5 Å². The van der Waals surface area contributed by atoms with E-state index >= 15 is 0 Å². The van der Waals surface area contributed by atoms with Crippen LogP contribution in [-0.2, 0) is 0 Å². The SMILES string of the molecule is COc1ccc(C2=NN(c3cccc(Cl)c3Cl)[C@H](c3ccc(F)cc3)C2)cc1. The Labute approximate surface area is 173 Å². The Balaban J connectivity index is 1.77. The summed E-state index contributed by atoms with van der Waals surface area (Å²) in [6.45, 7) is 0. The zero-order valence-electron chi connectivity index (χ0n) is 15.1. The summed E-state index contributed by atoms with van der Waals surface area (Å²) in [5.74, 6) is 0.512. The highest BCUT2D eigenvalue weighted by Crippen LogP contribution is 2.42. The molecule has 3 aromatic carbocycles. The Morgan fingerprint density at radius 2 is 1.71 bits per heavy atom. The van der Waals surface area contributed by atoms with Crippen LogP contribution in [0.3, 0.4) is 0 Å². The first kappa shape index (κ1) is 18.8. The van der Waals surface area contributed by atoms with Crippen LogP contribution in [0.25, 0.3) is 0 Å². The molecule has 1 aliphatic rings. The smallest absolute Gasteiger partial charge is 0.123 e. The van der Waals surface area contributed by atoms with Crippen molar-refractivity contribution >= 4 is 34.6 Å². The molecule has 0 spiro atoms. The van der Waals surface area contributed by atoms with Crippen molar-refractivity contribution in [1.82, 2.24) is 0 Å². The zero-order valence-corrected chi connectivity index (χ0v) is 16.6. The number of ether oxygens (including phenoxy) is 1. The largest absolute Gasteiger partial charge is 0.497 e. The van der Waals surface area contributed by atoms with Gasteiger partial charge in [-0.25, -0.2) is 4.39 Å². The van der Waals surface area contributed by atoms with Crippen LogP contribution in [-0.4, -0.2) is 12.8 Å². The fourth-order valence-corrected chi connectivity index (χ4v) is 3.69. The first-order valence-electron chi connectivity index (χ1n) is 8.77. The summed E-state index contributed by atoms with van der Waals surface area (Å²) in [6.07, 6.45) is 0.654. The van der Waals surface area contributed by atoms with Crippen molar-refractivity contribution < 1.29 is 9.13 Å². The Bertz CT molecular complexity index is 1020. The van der Waals surface area contributed by atoms with Gasteiger partial charge in [-0.05, 0) is 59.7 Å². The number of rotatable bonds is 4. The second-order valence-corrected chi connectivity index (χ2v) is 7.25. The highest BCUT2D eigenvalue weighted by Gasteiger charge is 2.31. The van der Waals surface area contributed by atoms with E-state index in [0.717, 1.165) is 22.6 Å². The van der Waals surface area contributed by atoms with E-state index in [-0.39, 0.29) is 11.9 Å². The Kier molecular flexibility index (Phi) is 5.25. The maximum absolute atomic E-state index is 13.4. The Morgan fingerprint density at radius 3 is 2.39 bits per heavy atom. The summed E-state index contributed by atoms with van der Waals surface area (Å²) in [6, 6.07) is 19.6. The summed E-state index contributed by atoms with van der Waals surface area (Å²) in [5.41, 5.74) is 3.57. The molecule has 6 heteroatoms. The van der Waals surface area contributed by atoms with Crippen LogP contribution in [0.5, 0.6) is 5.75 Å². The van der Waals surface area contributed by atoms with Crippen molar-refractivity contribution in [3.63, 3.8) is 0 Å². The van der Waals surface area contributed by atoms with Crippen molar-refractivity contribution in [3.8, 4) is 5.75 Å². The number of hydrazone groups is 1. The van der Waals surface area contributed by atoms with Gasteiger partial charge in [-0.2, -0.15) is 5.10 Å². The maximum Gasteiger partial charge on any atom is 0.123 e. The molecule has 0 saturated heterocycles. The molecule has 142 valence electrons. The lowest BCUT2D eigenvalue weighted by Crippen LogP contribution is -2.19. The van der Waals surface area contributed by atoms with Crippen LogP contribution in [0.15, 0.2) is 71.8 Å². The predicted molar refractivity (Wildman–Crippen MR) is 112 cm³/mol. The number of benzene rings is 3. The summed E-state index contributed by atoms with van der Waals surface area (Å²) in [7, 11) is 1.63. The molecule has 28 heavy (non-hydrogen) atoms. The number of halogens is 3. The normalized spacial score (nSPS) is 16.2. The van der Waals surface area contributed by atoms with Crippen LogP contribution in [0.2, 0.25) is 10.0 Å². The van der Waals surface area contributed by atoms with E-state index in [1.807, 2.05) is 41.4 Å². The van der Waals surface area contributed by atoms with Crippen LogP contribution in [0.4, 0.5) is 10.1 Å². The minimum absolute atomic E-state index is 0.117.